The number of nitrogens with two attached hydrogens (primary N) is 1. The van der Waals surface area contributed by atoms with Crippen molar-refractivity contribution >= 4 is 12.8 Å². The van der Waals surface area contributed by atoms with Gasteiger partial charge in [-0.25, -0.2) is 4.09 Å². The van der Waals surface area contributed by atoms with Crippen LogP contribution in [-0.4, -0.2) is 22.3 Å². The average molecular weight is 173 g/mol. The molecule has 1 aromatic heterocycles. The number of rotatable bonds is 4. The van der Waals surface area contributed by atoms with Crippen LogP contribution in [0.3, 0.4) is 0 Å². The number of nitrogens with zero attached hydrogens (tertiary/aromatic N) is 2. The number of thiol groups is 1. The van der Waals surface area contributed by atoms with E-state index in [9.17, 15) is 0 Å². The van der Waals surface area contributed by atoms with Gasteiger partial charge in [0.15, 0.2) is 5.75 Å². The first-order valence-corrected chi connectivity index (χ1v) is 3.79. The monoisotopic (exact) mass is 173 g/mol. The van der Waals surface area contributed by atoms with Crippen LogP contribution in [-0.2, 0) is 0 Å². The first-order valence-electron chi connectivity index (χ1n) is 3.39. The Morgan fingerprint density at radius 1 is 1.73 bits per heavy atom. The topological polar surface area (TPSA) is 53.1 Å². The summed E-state index contributed by atoms with van der Waals surface area (Å²) in [5.74, 6) is 0.730. The van der Waals surface area contributed by atoms with Crippen molar-refractivity contribution in [2.24, 2.45) is 5.73 Å². The van der Waals surface area contributed by atoms with E-state index in [1.165, 1.54) is 4.09 Å². The van der Waals surface area contributed by atoms with Gasteiger partial charge in [0.1, 0.15) is 0 Å². The third-order valence-corrected chi connectivity index (χ3v) is 1.38. The molecule has 1 aromatic rings. The molecule has 0 bridgehead atoms. The maximum atomic E-state index is 5.28. The maximum absolute atomic E-state index is 5.28. The maximum Gasteiger partial charge on any atom is 0.158 e. The number of hydrogen-bond donors (Lipinski definition) is 2. The largest absolute Gasteiger partial charge is 0.490 e. The van der Waals surface area contributed by atoms with E-state index in [4.69, 9.17) is 10.5 Å². The summed E-state index contributed by atoms with van der Waals surface area (Å²) in [6, 6.07) is 0. The highest BCUT2D eigenvalue weighted by Gasteiger charge is 1.94. The van der Waals surface area contributed by atoms with E-state index in [-0.39, 0.29) is 0 Å². The molecule has 11 heavy (non-hydrogen) atoms. The highest BCUT2D eigenvalue weighted by atomic mass is 32.1. The molecule has 62 valence electrons. The minimum atomic E-state index is 0.635. The van der Waals surface area contributed by atoms with Crippen molar-refractivity contribution in [1.82, 2.24) is 9.19 Å². The Kier molecular flexibility index (Phi) is 3.25. The van der Waals surface area contributed by atoms with E-state index in [0.717, 1.165) is 12.2 Å². The fourth-order valence-corrected chi connectivity index (χ4v) is 0.810. The van der Waals surface area contributed by atoms with Gasteiger partial charge < -0.3 is 10.5 Å². The summed E-state index contributed by atoms with van der Waals surface area (Å²) in [6.07, 6.45) is 4.17. The zero-order valence-electron chi connectivity index (χ0n) is 6.10. The molecule has 0 aliphatic heterocycles. The molecule has 0 amide bonds. The summed E-state index contributed by atoms with van der Waals surface area (Å²) in [7, 11) is 0. The van der Waals surface area contributed by atoms with Crippen LogP contribution >= 0.6 is 12.8 Å². The fourth-order valence-electron chi connectivity index (χ4n) is 0.644. The van der Waals surface area contributed by atoms with Crippen LogP contribution in [0.25, 0.3) is 0 Å². The first-order chi connectivity index (χ1) is 5.33. The van der Waals surface area contributed by atoms with Crippen LogP contribution in [0.2, 0.25) is 0 Å². The van der Waals surface area contributed by atoms with Gasteiger partial charge >= 0.3 is 0 Å². The molecule has 0 radical (unpaired) electrons. The minimum Gasteiger partial charge on any atom is -0.490 e. The van der Waals surface area contributed by atoms with Gasteiger partial charge in [-0.3, -0.25) is 0 Å². The van der Waals surface area contributed by atoms with Crippen molar-refractivity contribution in [3.8, 4) is 5.75 Å². The molecule has 1 rings (SSSR count). The van der Waals surface area contributed by atoms with Crippen molar-refractivity contribution in [3.63, 3.8) is 0 Å². The third kappa shape index (κ3) is 2.81. The molecule has 0 aliphatic carbocycles. The fraction of sp³-hybridized carbons (Fsp3) is 0.500. The Labute approximate surface area is 70.9 Å². The highest BCUT2D eigenvalue weighted by Crippen LogP contribution is 2.08. The smallest absolute Gasteiger partial charge is 0.158 e. The van der Waals surface area contributed by atoms with E-state index >= 15 is 0 Å². The van der Waals surface area contributed by atoms with E-state index in [2.05, 4.69) is 17.9 Å². The van der Waals surface area contributed by atoms with Gasteiger partial charge in [0.2, 0.25) is 0 Å². The molecule has 0 spiro atoms. The van der Waals surface area contributed by atoms with Gasteiger partial charge in [0.05, 0.1) is 19.0 Å². The third-order valence-electron chi connectivity index (χ3n) is 1.16. The van der Waals surface area contributed by atoms with E-state index < -0.39 is 0 Å². The lowest BCUT2D eigenvalue weighted by molar-refractivity contribution is 0.313. The Hall–Kier alpha value is -0.680. The van der Waals surface area contributed by atoms with E-state index in [1.807, 2.05) is 0 Å². The molecule has 0 aliphatic rings. The summed E-state index contributed by atoms with van der Waals surface area (Å²) in [5.41, 5.74) is 5.28. The Bertz CT molecular complexity index is 213. The minimum absolute atomic E-state index is 0.635. The molecule has 4 nitrogen and oxygen atoms in total. The lowest BCUT2D eigenvalue weighted by Crippen LogP contribution is -2.05. The van der Waals surface area contributed by atoms with Crippen LogP contribution in [0.1, 0.15) is 6.42 Å². The number of ether oxygens (including phenoxy) is 1. The van der Waals surface area contributed by atoms with Gasteiger partial charge in [-0.2, -0.15) is 5.10 Å². The van der Waals surface area contributed by atoms with Crippen LogP contribution in [0, 0.1) is 0 Å². The van der Waals surface area contributed by atoms with Gasteiger partial charge in [0, 0.05) is 0 Å². The highest BCUT2D eigenvalue weighted by molar-refractivity contribution is 7.78. The lowest BCUT2D eigenvalue weighted by Gasteiger charge is -1.99. The Morgan fingerprint density at radius 2 is 2.55 bits per heavy atom. The quantitative estimate of drug-likeness (QED) is 0.508. The van der Waals surface area contributed by atoms with Crippen molar-refractivity contribution < 1.29 is 4.74 Å². The van der Waals surface area contributed by atoms with Crippen molar-refractivity contribution in [2.75, 3.05) is 13.2 Å². The van der Waals surface area contributed by atoms with Gasteiger partial charge in [0.25, 0.3) is 0 Å². The van der Waals surface area contributed by atoms with Crippen LogP contribution in [0.15, 0.2) is 12.4 Å². The first kappa shape index (κ1) is 8.42. The molecule has 0 saturated carbocycles. The van der Waals surface area contributed by atoms with Crippen LogP contribution in [0.5, 0.6) is 5.75 Å². The zero-order valence-corrected chi connectivity index (χ0v) is 7.00. The van der Waals surface area contributed by atoms with E-state index in [0.29, 0.717) is 13.2 Å². The average Bonchev–Trinajstić information content (AvgIpc) is 2.37. The summed E-state index contributed by atoms with van der Waals surface area (Å²) < 4.78 is 6.66. The predicted octanol–water partition coefficient (Wildman–Crippen LogP) is 0.304. The molecular weight excluding hydrogens is 162 g/mol. The summed E-state index contributed by atoms with van der Waals surface area (Å²) >= 11 is 3.95. The number of hydrogen-bond acceptors (Lipinski definition) is 4. The number of aromatic nitrogens is 2. The SMILES string of the molecule is NCCCOc1cnn(S)c1. The van der Waals surface area contributed by atoms with Crippen LogP contribution < -0.4 is 10.5 Å². The molecule has 5 heteroatoms. The van der Waals surface area contributed by atoms with Gasteiger partial charge in [-0.1, -0.05) is 0 Å². The molecule has 0 atom stereocenters. The molecule has 0 saturated heterocycles. The summed E-state index contributed by atoms with van der Waals surface area (Å²) in [4.78, 5) is 0. The van der Waals surface area contributed by atoms with Gasteiger partial charge in [-0.15, -0.1) is 0 Å². The van der Waals surface area contributed by atoms with Crippen molar-refractivity contribution in [2.45, 2.75) is 6.42 Å². The van der Waals surface area contributed by atoms with Gasteiger partial charge in [-0.05, 0) is 25.8 Å². The second-order valence-corrected chi connectivity index (χ2v) is 2.50. The molecule has 0 unspecified atom stereocenters. The predicted molar refractivity (Wildman–Crippen MR) is 45.8 cm³/mol. The Balaban J connectivity index is 2.27. The second kappa shape index (κ2) is 4.25. The second-order valence-electron chi connectivity index (χ2n) is 2.09. The normalized spacial score (nSPS) is 10.0. The Morgan fingerprint density at radius 3 is 3.09 bits per heavy atom. The standard InChI is InChI=1S/C6H11N3OS/c7-2-1-3-10-6-4-8-9(11)5-6/h4-5,11H,1-3,7H2. The zero-order chi connectivity index (χ0) is 8.10. The van der Waals surface area contributed by atoms with E-state index in [1.54, 1.807) is 12.4 Å². The summed E-state index contributed by atoms with van der Waals surface area (Å²) in [5, 5.41) is 3.82. The van der Waals surface area contributed by atoms with Crippen molar-refractivity contribution in [1.29, 1.82) is 0 Å². The molecule has 0 aromatic carbocycles. The van der Waals surface area contributed by atoms with Crippen LogP contribution in [0.4, 0.5) is 0 Å². The molecule has 2 N–H and O–H groups in total. The molecule has 0 fully saturated rings. The lowest BCUT2D eigenvalue weighted by atomic mass is 10.5. The summed E-state index contributed by atoms with van der Waals surface area (Å²) in [6.45, 7) is 1.28. The molecular formula is C6H11N3OS. The molecule has 1 heterocycles. The van der Waals surface area contributed by atoms with Crippen molar-refractivity contribution in [3.05, 3.63) is 12.4 Å².